The molecule has 0 bridgehead atoms. The minimum atomic E-state index is -0.467. The minimum Gasteiger partial charge on any atom is -0.395 e. The SMILES string of the molecule is CC(=O)c1cc([N+](=O)[O-])c(N(CCO)C2CC2)s1. The Labute approximate surface area is 108 Å². The van der Waals surface area contributed by atoms with E-state index in [9.17, 15) is 14.9 Å². The number of Topliss-reactive ketones (excluding diaryl/α,β-unsaturated/α-hetero) is 1. The molecule has 1 aromatic rings. The van der Waals surface area contributed by atoms with Crippen LogP contribution in [-0.4, -0.2) is 35.0 Å². The molecule has 6 nitrogen and oxygen atoms in total. The van der Waals surface area contributed by atoms with E-state index in [1.807, 2.05) is 4.90 Å². The average Bonchev–Trinajstić information content (AvgIpc) is 3.03. The van der Waals surface area contributed by atoms with Crippen molar-refractivity contribution in [3.05, 3.63) is 21.1 Å². The number of hydrogen-bond acceptors (Lipinski definition) is 6. The largest absolute Gasteiger partial charge is 0.395 e. The fraction of sp³-hybridized carbons (Fsp3) is 0.545. The van der Waals surface area contributed by atoms with E-state index in [0.717, 1.165) is 24.2 Å². The summed E-state index contributed by atoms with van der Waals surface area (Å²) in [7, 11) is 0. The number of ketones is 1. The van der Waals surface area contributed by atoms with Crippen molar-refractivity contribution in [2.24, 2.45) is 0 Å². The van der Waals surface area contributed by atoms with E-state index in [-0.39, 0.29) is 24.1 Å². The van der Waals surface area contributed by atoms with Crippen LogP contribution in [0.3, 0.4) is 0 Å². The second kappa shape index (κ2) is 5.03. The Kier molecular flexibility index (Phi) is 3.63. The molecule has 1 saturated carbocycles. The predicted molar refractivity (Wildman–Crippen MR) is 68.4 cm³/mol. The standard InChI is InChI=1S/C11H14N2O4S/c1-7(15)10-6-9(13(16)17)11(18-10)12(4-5-14)8-2-3-8/h6,8,14H,2-5H2,1H3. The quantitative estimate of drug-likeness (QED) is 0.484. The lowest BCUT2D eigenvalue weighted by Gasteiger charge is -2.20. The van der Waals surface area contributed by atoms with Gasteiger partial charge >= 0.3 is 5.69 Å². The molecule has 1 aromatic heterocycles. The van der Waals surface area contributed by atoms with Crippen molar-refractivity contribution in [1.29, 1.82) is 0 Å². The van der Waals surface area contributed by atoms with E-state index in [0.29, 0.717) is 16.4 Å². The minimum absolute atomic E-state index is 0.0365. The maximum absolute atomic E-state index is 11.3. The molecule has 1 heterocycles. The lowest BCUT2D eigenvalue weighted by atomic mass is 10.3. The topological polar surface area (TPSA) is 83.7 Å². The van der Waals surface area contributed by atoms with Crippen LogP contribution in [0.2, 0.25) is 0 Å². The van der Waals surface area contributed by atoms with Crippen molar-refractivity contribution in [1.82, 2.24) is 0 Å². The molecular weight excluding hydrogens is 256 g/mol. The number of aliphatic hydroxyl groups is 1. The van der Waals surface area contributed by atoms with Gasteiger partial charge in [0.2, 0.25) is 0 Å². The van der Waals surface area contributed by atoms with E-state index >= 15 is 0 Å². The third-order valence-corrected chi connectivity index (χ3v) is 4.09. The maximum Gasteiger partial charge on any atom is 0.304 e. The molecule has 98 valence electrons. The van der Waals surface area contributed by atoms with E-state index in [1.54, 1.807) is 0 Å². The van der Waals surface area contributed by atoms with Crippen LogP contribution < -0.4 is 4.90 Å². The molecule has 1 fully saturated rings. The molecule has 0 unspecified atom stereocenters. The van der Waals surface area contributed by atoms with Crippen LogP contribution in [0.5, 0.6) is 0 Å². The number of nitrogens with zero attached hydrogens (tertiary/aromatic N) is 2. The normalized spacial score (nSPS) is 14.6. The number of nitro groups is 1. The van der Waals surface area contributed by atoms with Gasteiger partial charge in [-0.1, -0.05) is 0 Å². The van der Waals surface area contributed by atoms with Crippen molar-refractivity contribution in [2.75, 3.05) is 18.1 Å². The van der Waals surface area contributed by atoms with Gasteiger partial charge < -0.3 is 10.0 Å². The van der Waals surface area contributed by atoms with Gasteiger partial charge in [-0.3, -0.25) is 14.9 Å². The highest BCUT2D eigenvalue weighted by atomic mass is 32.1. The molecule has 0 aromatic carbocycles. The fourth-order valence-corrected chi connectivity index (χ4v) is 2.94. The lowest BCUT2D eigenvalue weighted by molar-refractivity contribution is -0.383. The number of anilines is 1. The zero-order valence-corrected chi connectivity index (χ0v) is 10.8. The van der Waals surface area contributed by atoms with Crippen LogP contribution in [0, 0.1) is 10.1 Å². The van der Waals surface area contributed by atoms with Gasteiger partial charge in [0.15, 0.2) is 10.8 Å². The van der Waals surface area contributed by atoms with Crippen molar-refractivity contribution in [3.8, 4) is 0 Å². The predicted octanol–water partition coefficient (Wildman–Crippen LogP) is 1.82. The Morgan fingerprint density at radius 3 is 2.78 bits per heavy atom. The first-order valence-corrected chi connectivity index (χ1v) is 6.53. The first-order chi connectivity index (χ1) is 8.54. The molecule has 2 rings (SSSR count). The molecule has 7 heteroatoms. The first kappa shape index (κ1) is 13.0. The Morgan fingerprint density at radius 2 is 2.33 bits per heavy atom. The van der Waals surface area contributed by atoms with Gasteiger partial charge in [-0.05, 0) is 19.8 Å². The van der Waals surface area contributed by atoms with Gasteiger partial charge in [-0.15, -0.1) is 11.3 Å². The third-order valence-electron chi connectivity index (χ3n) is 2.83. The lowest BCUT2D eigenvalue weighted by Crippen LogP contribution is -2.28. The van der Waals surface area contributed by atoms with Gasteiger partial charge in [0.05, 0.1) is 16.4 Å². The van der Waals surface area contributed by atoms with Crippen molar-refractivity contribution < 1.29 is 14.8 Å². The number of carbonyl (C=O) groups is 1. The maximum atomic E-state index is 11.3. The summed E-state index contributed by atoms with van der Waals surface area (Å²) in [4.78, 5) is 24.1. The Bertz CT molecular complexity index is 481. The summed E-state index contributed by atoms with van der Waals surface area (Å²) < 4.78 is 0. The Balaban J connectivity index is 2.39. The zero-order chi connectivity index (χ0) is 13.3. The molecule has 0 aliphatic heterocycles. The molecule has 1 N–H and O–H groups in total. The summed E-state index contributed by atoms with van der Waals surface area (Å²) in [5.41, 5.74) is -0.0365. The molecule has 0 radical (unpaired) electrons. The van der Waals surface area contributed by atoms with Gasteiger partial charge in [0, 0.05) is 18.7 Å². The Hall–Kier alpha value is -1.47. The van der Waals surface area contributed by atoms with Crippen molar-refractivity contribution >= 4 is 27.8 Å². The van der Waals surface area contributed by atoms with Gasteiger partial charge in [0.25, 0.3) is 0 Å². The van der Waals surface area contributed by atoms with Gasteiger partial charge in [-0.2, -0.15) is 0 Å². The van der Waals surface area contributed by atoms with Crippen LogP contribution >= 0.6 is 11.3 Å². The highest BCUT2D eigenvalue weighted by molar-refractivity contribution is 7.18. The van der Waals surface area contributed by atoms with Crippen LogP contribution in [0.4, 0.5) is 10.7 Å². The van der Waals surface area contributed by atoms with Crippen LogP contribution in [0.25, 0.3) is 0 Å². The summed E-state index contributed by atoms with van der Waals surface area (Å²) in [6, 6.07) is 1.59. The van der Waals surface area contributed by atoms with E-state index in [1.165, 1.54) is 13.0 Å². The van der Waals surface area contributed by atoms with E-state index in [4.69, 9.17) is 5.11 Å². The molecule has 0 atom stereocenters. The average molecular weight is 270 g/mol. The summed E-state index contributed by atoms with van der Waals surface area (Å²) >= 11 is 1.14. The van der Waals surface area contributed by atoms with Crippen molar-refractivity contribution in [3.63, 3.8) is 0 Å². The fourth-order valence-electron chi connectivity index (χ4n) is 1.83. The van der Waals surface area contributed by atoms with Crippen LogP contribution in [0.15, 0.2) is 6.07 Å². The van der Waals surface area contributed by atoms with E-state index < -0.39 is 4.92 Å². The number of thiophene rings is 1. The first-order valence-electron chi connectivity index (χ1n) is 5.71. The number of rotatable bonds is 6. The molecule has 1 aliphatic carbocycles. The molecule has 18 heavy (non-hydrogen) atoms. The second-order valence-corrected chi connectivity index (χ2v) is 5.29. The number of hydrogen-bond donors (Lipinski definition) is 1. The number of carbonyl (C=O) groups excluding carboxylic acids is 1. The Morgan fingerprint density at radius 1 is 1.67 bits per heavy atom. The second-order valence-electron chi connectivity index (χ2n) is 4.26. The molecular formula is C11H14N2O4S. The summed E-state index contributed by atoms with van der Waals surface area (Å²) in [5, 5.41) is 20.6. The van der Waals surface area contributed by atoms with Gasteiger partial charge in [-0.25, -0.2) is 0 Å². The van der Waals surface area contributed by atoms with Crippen LogP contribution in [-0.2, 0) is 0 Å². The zero-order valence-electron chi connectivity index (χ0n) is 9.96. The summed E-state index contributed by atoms with van der Waals surface area (Å²) in [6.45, 7) is 1.71. The van der Waals surface area contributed by atoms with E-state index in [2.05, 4.69) is 0 Å². The third kappa shape index (κ3) is 2.51. The molecule has 0 amide bonds. The molecule has 0 spiro atoms. The van der Waals surface area contributed by atoms with Crippen LogP contribution in [0.1, 0.15) is 29.4 Å². The van der Waals surface area contributed by atoms with Crippen molar-refractivity contribution in [2.45, 2.75) is 25.8 Å². The smallest absolute Gasteiger partial charge is 0.304 e. The van der Waals surface area contributed by atoms with Gasteiger partial charge in [0.1, 0.15) is 0 Å². The summed E-state index contributed by atoms with van der Waals surface area (Å²) in [5.74, 6) is -0.172. The molecule has 1 aliphatic rings. The summed E-state index contributed by atoms with van der Waals surface area (Å²) in [6.07, 6.45) is 1.95. The monoisotopic (exact) mass is 270 g/mol. The number of aliphatic hydroxyl groups excluding tert-OH is 1. The highest BCUT2D eigenvalue weighted by Gasteiger charge is 2.34. The highest BCUT2D eigenvalue weighted by Crippen LogP contribution is 2.42. The molecule has 0 saturated heterocycles.